The van der Waals surface area contributed by atoms with Crippen molar-refractivity contribution in [3.63, 3.8) is 0 Å². The molecule has 1 aliphatic rings. The van der Waals surface area contributed by atoms with E-state index < -0.39 is 29.5 Å². The van der Waals surface area contributed by atoms with Crippen molar-refractivity contribution in [1.29, 1.82) is 0 Å². The van der Waals surface area contributed by atoms with Crippen LogP contribution >= 0.6 is 0 Å². The number of hydrogen-bond donors (Lipinski definition) is 3. The van der Waals surface area contributed by atoms with Gasteiger partial charge in [-0.1, -0.05) is 12.8 Å². The molecule has 1 aromatic heterocycles. The number of alkyl halides is 3. The van der Waals surface area contributed by atoms with Gasteiger partial charge < -0.3 is 20.1 Å². The van der Waals surface area contributed by atoms with Gasteiger partial charge in [-0.2, -0.15) is 0 Å². The van der Waals surface area contributed by atoms with E-state index in [-0.39, 0.29) is 11.2 Å². The number of amides is 1. The Morgan fingerprint density at radius 1 is 1.20 bits per heavy atom. The smallest absolute Gasteiger partial charge is 0.480 e. The average Bonchev–Trinajstić information content (AvgIpc) is 3.12. The van der Waals surface area contributed by atoms with Crippen molar-refractivity contribution in [2.45, 2.75) is 37.6 Å². The zero-order chi connectivity index (χ0) is 18.2. The van der Waals surface area contributed by atoms with Crippen LogP contribution in [0.1, 0.15) is 36.2 Å². The molecule has 2 aromatic rings. The largest absolute Gasteiger partial charge is 0.573 e. The van der Waals surface area contributed by atoms with Gasteiger partial charge in [0.15, 0.2) is 0 Å². The number of aromatic nitrogens is 1. The Labute approximate surface area is 140 Å². The molecule has 25 heavy (non-hydrogen) atoms. The van der Waals surface area contributed by atoms with Gasteiger partial charge in [0.25, 0.3) is 5.91 Å². The Bertz CT molecular complexity index is 822. The number of H-pyrrole nitrogens is 1. The maximum atomic E-state index is 12.4. The molecule has 1 amide bonds. The summed E-state index contributed by atoms with van der Waals surface area (Å²) in [5, 5.41) is 12.4. The van der Waals surface area contributed by atoms with E-state index in [1.165, 1.54) is 12.1 Å². The van der Waals surface area contributed by atoms with Crippen molar-refractivity contribution in [1.82, 2.24) is 10.3 Å². The van der Waals surface area contributed by atoms with E-state index in [1.807, 2.05) is 0 Å². The summed E-state index contributed by atoms with van der Waals surface area (Å²) in [5.41, 5.74) is -0.937. The van der Waals surface area contributed by atoms with Crippen molar-refractivity contribution in [2.75, 3.05) is 0 Å². The summed E-state index contributed by atoms with van der Waals surface area (Å²) < 4.78 is 40.6. The summed E-state index contributed by atoms with van der Waals surface area (Å²) in [6, 6.07) is 5.10. The lowest BCUT2D eigenvalue weighted by Crippen LogP contribution is -2.52. The molecule has 1 aliphatic carbocycles. The molecule has 0 bridgehead atoms. The first-order valence-corrected chi connectivity index (χ1v) is 7.63. The lowest BCUT2D eigenvalue weighted by atomic mass is 9.97. The van der Waals surface area contributed by atoms with Crippen molar-refractivity contribution in [2.24, 2.45) is 0 Å². The average molecular weight is 356 g/mol. The highest BCUT2D eigenvalue weighted by Gasteiger charge is 2.42. The molecule has 6 nitrogen and oxygen atoms in total. The number of carboxylic acids is 1. The summed E-state index contributed by atoms with van der Waals surface area (Å²) in [5.74, 6) is -2.11. The lowest BCUT2D eigenvalue weighted by Gasteiger charge is -2.24. The van der Waals surface area contributed by atoms with Gasteiger partial charge in [-0.25, -0.2) is 4.79 Å². The molecule has 0 radical (unpaired) electrons. The minimum atomic E-state index is -4.81. The standard InChI is InChI=1S/C16H15F3N2O4/c17-16(18,19)25-10-4-3-9-7-12(20-11(9)8-10)13(22)21-15(14(23)24)5-1-2-6-15/h3-4,7-8,20H,1-2,5-6H2,(H,21,22)(H,23,24). The Balaban J connectivity index is 1.83. The Morgan fingerprint density at radius 2 is 1.88 bits per heavy atom. The second kappa shape index (κ2) is 5.98. The molecule has 1 saturated carbocycles. The quantitative estimate of drug-likeness (QED) is 0.785. The maximum Gasteiger partial charge on any atom is 0.573 e. The fraction of sp³-hybridized carbons (Fsp3) is 0.375. The number of carbonyl (C=O) groups is 2. The zero-order valence-corrected chi connectivity index (χ0v) is 12.9. The molecule has 1 heterocycles. The molecule has 3 rings (SSSR count). The van der Waals surface area contributed by atoms with Crippen LogP contribution in [0.15, 0.2) is 24.3 Å². The second-order valence-electron chi connectivity index (χ2n) is 6.03. The number of halogens is 3. The van der Waals surface area contributed by atoms with E-state index in [2.05, 4.69) is 15.0 Å². The van der Waals surface area contributed by atoms with E-state index in [0.29, 0.717) is 31.1 Å². The molecular formula is C16H15F3N2O4. The third-order valence-electron chi connectivity index (χ3n) is 4.29. The number of nitrogens with one attached hydrogen (secondary N) is 2. The summed E-state index contributed by atoms with van der Waals surface area (Å²) in [6.07, 6.45) is -2.71. The third-order valence-corrected chi connectivity index (χ3v) is 4.29. The van der Waals surface area contributed by atoms with Gasteiger partial charge in [0.05, 0.1) is 0 Å². The van der Waals surface area contributed by atoms with Gasteiger partial charge in [0.2, 0.25) is 0 Å². The highest BCUT2D eigenvalue weighted by atomic mass is 19.4. The first-order chi connectivity index (χ1) is 11.7. The van der Waals surface area contributed by atoms with Crippen LogP contribution in [0.2, 0.25) is 0 Å². The van der Waals surface area contributed by atoms with Gasteiger partial charge in [0.1, 0.15) is 17.0 Å². The SMILES string of the molecule is O=C(NC1(C(=O)O)CCCC1)c1cc2ccc(OC(F)(F)F)cc2[nH]1. The van der Waals surface area contributed by atoms with Crippen LogP contribution < -0.4 is 10.1 Å². The van der Waals surface area contributed by atoms with E-state index in [1.54, 1.807) is 0 Å². The molecule has 0 spiro atoms. The number of carboxylic acid groups (broad SMARTS) is 1. The number of fused-ring (bicyclic) bond motifs is 1. The summed E-state index contributed by atoms with van der Waals surface area (Å²) in [7, 11) is 0. The zero-order valence-electron chi connectivity index (χ0n) is 12.9. The number of rotatable bonds is 4. The normalized spacial score (nSPS) is 16.8. The summed E-state index contributed by atoms with van der Waals surface area (Å²) in [6.45, 7) is 0. The Hall–Kier alpha value is -2.71. The second-order valence-corrected chi connectivity index (χ2v) is 6.03. The van der Waals surface area contributed by atoms with Crippen LogP contribution in [0.3, 0.4) is 0 Å². The van der Waals surface area contributed by atoms with Crippen molar-refractivity contribution >= 4 is 22.8 Å². The van der Waals surface area contributed by atoms with Gasteiger partial charge >= 0.3 is 12.3 Å². The Kier molecular flexibility index (Phi) is 4.09. The predicted molar refractivity (Wildman–Crippen MR) is 81.3 cm³/mol. The summed E-state index contributed by atoms with van der Waals surface area (Å²) >= 11 is 0. The van der Waals surface area contributed by atoms with E-state index >= 15 is 0 Å². The third kappa shape index (κ3) is 3.54. The molecule has 134 valence electrons. The number of benzene rings is 1. The molecular weight excluding hydrogens is 341 g/mol. The topological polar surface area (TPSA) is 91.4 Å². The molecule has 0 aliphatic heterocycles. The van der Waals surface area contributed by atoms with E-state index in [9.17, 15) is 27.9 Å². The van der Waals surface area contributed by atoms with Gasteiger partial charge in [0, 0.05) is 17.0 Å². The molecule has 1 fully saturated rings. The minimum absolute atomic E-state index is 0.0756. The fourth-order valence-corrected chi connectivity index (χ4v) is 3.08. The van der Waals surface area contributed by atoms with Crippen molar-refractivity contribution in [3.05, 3.63) is 30.0 Å². The molecule has 0 unspecified atom stereocenters. The van der Waals surface area contributed by atoms with Crippen LogP contribution in [0.5, 0.6) is 5.75 Å². The van der Waals surface area contributed by atoms with Crippen LogP contribution in [0.25, 0.3) is 10.9 Å². The lowest BCUT2D eigenvalue weighted by molar-refractivity contribution is -0.274. The summed E-state index contributed by atoms with van der Waals surface area (Å²) in [4.78, 5) is 26.6. The predicted octanol–water partition coefficient (Wildman–Crippen LogP) is 3.19. The molecule has 3 N–H and O–H groups in total. The number of ether oxygens (including phenoxy) is 1. The number of hydrogen-bond acceptors (Lipinski definition) is 3. The van der Waals surface area contributed by atoms with Crippen LogP contribution in [0, 0.1) is 0 Å². The van der Waals surface area contributed by atoms with Crippen molar-refractivity contribution < 1.29 is 32.6 Å². The number of aromatic amines is 1. The van der Waals surface area contributed by atoms with Crippen LogP contribution in [-0.2, 0) is 4.79 Å². The Morgan fingerprint density at radius 3 is 2.48 bits per heavy atom. The van der Waals surface area contributed by atoms with Crippen LogP contribution in [0.4, 0.5) is 13.2 Å². The highest BCUT2D eigenvalue weighted by molar-refractivity contribution is 6.00. The number of carbonyl (C=O) groups excluding carboxylic acids is 1. The molecule has 9 heteroatoms. The first kappa shape index (κ1) is 17.1. The van der Waals surface area contributed by atoms with Crippen LogP contribution in [-0.4, -0.2) is 33.9 Å². The van der Waals surface area contributed by atoms with Gasteiger partial charge in [-0.15, -0.1) is 13.2 Å². The molecule has 0 atom stereocenters. The van der Waals surface area contributed by atoms with Crippen molar-refractivity contribution in [3.8, 4) is 5.75 Å². The monoisotopic (exact) mass is 356 g/mol. The highest BCUT2D eigenvalue weighted by Crippen LogP contribution is 2.31. The minimum Gasteiger partial charge on any atom is -0.480 e. The molecule has 0 saturated heterocycles. The maximum absolute atomic E-state index is 12.4. The van der Waals surface area contributed by atoms with Gasteiger partial charge in [-0.05, 0) is 31.0 Å². The van der Waals surface area contributed by atoms with Gasteiger partial charge in [-0.3, -0.25) is 4.79 Å². The molecule has 1 aromatic carbocycles. The fourth-order valence-electron chi connectivity index (χ4n) is 3.08. The first-order valence-electron chi connectivity index (χ1n) is 7.63. The number of aliphatic carboxylic acids is 1. The van der Waals surface area contributed by atoms with E-state index in [0.717, 1.165) is 12.1 Å². The van der Waals surface area contributed by atoms with E-state index in [4.69, 9.17) is 0 Å².